The molecule has 1 fully saturated rings. The van der Waals surface area contributed by atoms with Crippen LogP contribution < -0.4 is 5.32 Å². The van der Waals surface area contributed by atoms with E-state index in [1.807, 2.05) is 37.3 Å². The molecular formula is C22H23N3O4. The van der Waals surface area contributed by atoms with E-state index in [0.29, 0.717) is 24.6 Å². The Bertz CT molecular complexity index is 972. The van der Waals surface area contributed by atoms with Crippen LogP contribution in [0.1, 0.15) is 46.0 Å². The molecule has 150 valence electrons. The maximum absolute atomic E-state index is 12.6. The van der Waals surface area contributed by atoms with Crippen LogP contribution in [0.3, 0.4) is 0 Å². The van der Waals surface area contributed by atoms with Gasteiger partial charge in [-0.1, -0.05) is 35.0 Å². The molecule has 0 aliphatic heterocycles. The van der Waals surface area contributed by atoms with Gasteiger partial charge in [-0.3, -0.25) is 9.59 Å². The number of hydrogen-bond acceptors (Lipinski definition) is 5. The zero-order valence-electron chi connectivity index (χ0n) is 16.3. The van der Waals surface area contributed by atoms with E-state index >= 15 is 0 Å². The van der Waals surface area contributed by atoms with Crippen LogP contribution in [0.15, 0.2) is 57.7 Å². The summed E-state index contributed by atoms with van der Waals surface area (Å²) in [6, 6.07) is 13.2. The highest BCUT2D eigenvalue weighted by Crippen LogP contribution is 2.32. The van der Waals surface area contributed by atoms with Crippen LogP contribution in [0.5, 0.6) is 0 Å². The molecule has 4 rings (SSSR count). The van der Waals surface area contributed by atoms with E-state index in [4.69, 9.17) is 8.94 Å². The van der Waals surface area contributed by atoms with Crippen molar-refractivity contribution in [2.24, 2.45) is 5.92 Å². The highest BCUT2D eigenvalue weighted by molar-refractivity contribution is 5.92. The molecule has 2 aromatic heterocycles. The number of carbonyl (C=O) groups is 2. The van der Waals surface area contributed by atoms with Gasteiger partial charge in [0.2, 0.25) is 5.91 Å². The van der Waals surface area contributed by atoms with Crippen LogP contribution in [0, 0.1) is 12.8 Å². The molecular weight excluding hydrogens is 370 g/mol. The first-order chi connectivity index (χ1) is 14.1. The molecule has 0 unspecified atom stereocenters. The standard InChI is InChI=1S/C22H23N3O4/c1-15-4-6-16(7-5-15)12-23-21(26)20-11-19(29-24-20)14-25(22(27)17-8-9-17)13-18-3-2-10-28-18/h2-7,10-11,17H,8-9,12-14H2,1H3,(H,23,26). The second kappa shape index (κ2) is 8.34. The minimum Gasteiger partial charge on any atom is -0.467 e. The van der Waals surface area contributed by atoms with Crippen LogP contribution in [0.4, 0.5) is 0 Å². The lowest BCUT2D eigenvalue weighted by Crippen LogP contribution is -2.31. The summed E-state index contributed by atoms with van der Waals surface area (Å²) in [6.45, 7) is 3.03. The predicted octanol–water partition coefficient (Wildman–Crippen LogP) is 3.44. The molecule has 3 aromatic rings. The number of hydrogen-bond donors (Lipinski definition) is 1. The zero-order chi connectivity index (χ0) is 20.2. The summed E-state index contributed by atoms with van der Waals surface area (Å²) in [5.41, 5.74) is 2.37. The SMILES string of the molecule is Cc1ccc(CNC(=O)c2cc(CN(Cc3ccco3)C(=O)C3CC3)on2)cc1. The number of furan rings is 1. The normalized spacial score (nSPS) is 13.3. The Morgan fingerprint density at radius 2 is 1.90 bits per heavy atom. The summed E-state index contributed by atoms with van der Waals surface area (Å²) in [5, 5.41) is 6.70. The van der Waals surface area contributed by atoms with Crippen molar-refractivity contribution in [3.63, 3.8) is 0 Å². The molecule has 0 saturated heterocycles. The second-order valence-corrected chi connectivity index (χ2v) is 7.39. The zero-order valence-corrected chi connectivity index (χ0v) is 16.3. The third-order valence-electron chi connectivity index (χ3n) is 4.88. The van der Waals surface area contributed by atoms with Gasteiger partial charge in [0.05, 0.1) is 19.4 Å². The highest BCUT2D eigenvalue weighted by atomic mass is 16.5. The van der Waals surface area contributed by atoms with Crippen molar-refractivity contribution < 1.29 is 18.5 Å². The average molecular weight is 393 g/mol. The minimum atomic E-state index is -0.313. The summed E-state index contributed by atoms with van der Waals surface area (Å²) in [5.74, 6) is 1.00. The topological polar surface area (TPSA) is 88.6 Å². The fourth-order valence-corrected chi connectivity index (χ4v) is 3.05. The fourth-order valence-electron chi connectivity index (χ4n) is 3.05. The molecule has 7 nitrogen and oxygen atoms in total. The average Bonchev–Trinajstić information content (AvgIpc) is 3.24. The lowest BCUT2D eigenvalue weighted by molar-refractivity contribution is -0.134. The Labute approximate surface area is 168 Å². The summed E-state index contributed by atoms with van der Waals surface area (Å²) >= 11 is 0. The number of carbonyl (C=O) groups excluding carboxylic acids is 2. The molecule has 0 radical (unpaired) electrons. The van der Waals surface area contributed by atoms with Crippen LogP contribution in [0.2, 0.25) is 0 Å². The number of benzene rings is 1. The Hall–Kier alpha value is -3.35. The Balaban J connectivity index is 1.37. The predicted molar refractivity (Wildman–Crippen MR) is 105 cm³/mol. The molecule has 1 aliphatic rings. The molecule has 29 heavy (non-hydrogen) atoms. The first-order valence-corrected chi connectivity index (χ1v) is 9.69. The molecule has 1 N–H and O–H groups in total. The molecule has 1 aliphatic carbocycles. The lowest BCUT2D eigenvalue weighted by Gasteiger charge is -2.20. The fraction of sp³-hybridized carbons (Fsp3) is 0.318. The van der Waals surface area contributed by atoms with E-state index in [1.54, 1.807) is 23.3 Å². The van der Waals surface area contributed by atoms with Gasteiger partial charge >= 0.3 is 0 Å². The van der Waals surface area contributed by atoms with Gasteiger partial charge in [0.25, 0.3) is 5.91 Å². The minimum absolute atomic E-state index is 0.0724. The van der Waals surface area contributed by atoms with Gasteiger partial charge < -0.3 is 19.2 Å². The summed E-state index contributed by atoms with van der Waals surface area (Å²) in [7, 11) is 0. The van der Waals surface area contributed by atoms with Crippen molar-refractivity contribution >= 4 is 11.8 Å². The number of rotatable bonds is 8. The maximum Gasteiger partial charge on any atom is 0.273 e. The van der Waals surface area contributed by atoms with Crippen molar-refractivity contribution in [2.75, 3.05) is 0 Å². The van der Waals surface area contributed by atoms with E-state index in [9.17, 15) is 9.59 Å². The van der Waals surface area contributed by atoms with Crippen molar-refractivity contribution in [2.45, 2.75) is 39.4 Å². The third kappa shape index (κ3) is 4.93. The first kappa shape index (κ1) is 19.0. The summed E-state index contributed by atoms with van der Waals surface area (Å²) < 4.78 is 10.7. The van der Waals surface area contributed by atoms with Gasteiger partial charge in [-0.25, -0.2) is 0 Å². The monoisotopic (exact) mass is 393 g/mol. The molecule has 2 amide bonds. The van der Waals surface area contributed by atoms with Crippen LogP contribution in [0.25, 0.3) is 0 Å². The van der Waals surface area contributed by atoms with Crippen molar-refractivity contribution in [1.82, 2.24) is 15.4 Å². The van der Waals surface area contributed by atoms with Gasteiger partial charge in [0.15, 0.2) is 11.5 Å². The third-order valence-corrected chi connectivity index (χ3v) is 4.88. The summed E-state index contributed by atoms with van der Waals surface area (Å²) in [4.78, 5) is 26.7. The molecule has 2 heterocycles. The molecule has 0 atom stereocenters. The van der Waals surface area contributed by atoms with E-state index in [-0.39, 0.29) is 30.0 Å². The second-order valence-electron chi connectivity index (χ2n) is 7.39. The first-order valence-electron chi connectivity index (χ1n) is 9.69. The molecule has 0 spiro atoms. The number of nitrogens with zero attached hydrogens (tertiary/aromatic N) is 2. The van der Waals surface area contributed by atoms with Gasteiger partial charge in [-0.2, -0.15) is 0 Å². The molecule has 1 aromatic carbocycles. The largest absolute Gasteiger partial charge is 0.467 e. The van der Waals surface area contributed by atoms with Crippen molar-refractivity contribution in [3.05, 3.63) is 77.1 Å². The van der Waals surface area contributed by atoms with Crippen molar-refractivity contribution in [3.8, 4) is 0 Å². The van der Waals surface area contributed by atoms with Crippen molar-refractivity contribution in [1.29, 1.82) is 0 Å². The van der Waals surface area contributed by atoms with E-state index in [1.165, 1.54) is 5.56 Å². The molecule has 0 bridgehead atoms. The lowest BCUT2D eigenvalue weighted by atomic mass is 10.1. The number of amides is 2. The van der Waals surface area contributed by atoms with E-state index in [2.05, 4.69) is 10.5 Å². The number of aryl methyl sites for hydroxylation is 1. The number of aromatic nitrogens is 1. The van der Waals surface area contributed by atoms with Gasteiger partial charge in [-0.05, 0) is 37.5 Å². The Morgan fingerprint density at radius 1 is 1.14 bits per heavy atom. The Morgan fingerprint density at radius 3 is 2.59 bits per heavy atom. The van der Waals surface area contributed by atoms with Crippen LogP contribution >= 0.6 is 0 Å². The Kier molecular flexibility index (Phi) is 5.46. The summed E-state index contributed by atoms with van der Waals surface area (Å²) in [6.07, 6.45) is 3.41. The maximum atomic E-state index is 12.6. The van der Waals surface area contributed by atoms with Gasteiger partial charge in [0, 0.05) is 18.5 Å². The van der Waals surface area contributed by atoms with Gasteiger partial charge in [0.1, 0.15) is 5.76 Å². The van der Waals surface area contributed by atoms with E-state index in [0.717, 1.165) is 18.4 Å². The smallest absolute Gasteiger partial charge is 0.273 e. The quantitative estimate of drug-likeness (QED) is 0.633. The molecule has 1 saturated carbocycles. The molecule has 7 heteroatoms. The number of nitrogens with one attached hydrogen (secondary N) is 1. The van der Waals surface area contributed by atoms with E-state index < -0.39 is 0 Å². The van der Waals surface area contributed by atoms with Crippen LogP contribution in [-0.2, 0) is 24.4 Å². The highest BCUT2D eigenvalue weighted by Gasteiger charge is 2.34. The van der Waals surface area contributed by atoms with Gasteiger partial charge in [-0.15, -0.1) is 0 Å². The van der Waals surface area contributed by atoms with Crippen LogP contribution in [-0.4, -0.2) is 21.9 Å².